The van der Waals surface area contributed by atoms with E-state index >= 15 is 0 Å². The summed E-state index contributed by atoms with van der Waals surface area (Å²) in [7, 11) is 0. The van der Waals surface area contributed by atoms with Gasteiger partial charge in [-0.3, -0.25) is 0 Å². The lowest BCUT2D eigenvalue weighted by Gasteiger charge is -2.22. The molecule has 0 spiro atoms. The average molecular weight is 223 g/mol. The molecule has 0 unspecified atom stereocenters. The summed E-state index contributed by atoms with van der Waals surface area (Å²) < 4.78 is 5.01. The van der Waals surface area contributed by atoms with Crippen LogP contribution in [0.3, 0.4) is 0 Å². The number of carboxylic acids is 1. The van der Waals surface area contributed by atoms with Gasteiger partial charge >= 0.3 is 5.97 Å². The molecule has 88 valence electrons. The third-order valence-electron chi connectivity index (χ3n) is 2.23. The average Bonchev–Trinajstić information content (AvgIpc) is 2.30. The first-order valence-corrected chi connectivity index (χ1v) is 5.33. The molecule has 4 nitrogen and oxygen atoms in total. The lowest BCUT2D eigenvalue weighted by Crippen LogP contribution is -2.27. The van der Waals surface area contributed by atoms with Crippen molar-refractivity contribution in [3.8, 4) is 0 Å². The number of anilines is 1. The summed E-state index contributed by atoms with van der Waals surface area (Å²) in [4.78, 5) is 12.4. The van der Waals surface area contributed by atoms with Gasteiger partial charge in [0.1, 0.15) is 6.61 Å². The highest BCUT2D eigenvalue weighted by atomic mass is 16.5. The number of ether oxygens (including phenoxy) is 1. The van der Waals surface area contributed by atoms with Crippen molar-refractivity contribution in [2.24, 2.45) is 0 Å². The van der Waals surface area contributed by atoms with Gasteiger partial charge in [0, 0.05) is 18.8 Å². The largest absolute Gasteiger partial charge is 0.480 e. The number of carbonyl (C=O) groups is 1. The zero-order valence-electron chi connectivity index (χ0n) is 9.43. The Kier molecular flexibility index (Phi) is 5.36. The predicted octanol–water partition coefficient (Wildman–Crippen LogP) is 1.61. The predicted molar refractivity (Wildman–Crippen MR) is 62.8 cm³/mol. The number of likely N-dealkylation sites (N-methyl/N-ethyl adjacent to an activating group) is 1. The number of nitrogens with zero attached hydrogens (tertiary/aromatic N) is 1. The zero-order chi connectivity index (χ0) is 11.8. The maximum Gasteiger partial charge on any atom is 0.329 e. The summed E-state index contributed by atoms with van der Waals surface area (Å²) in [5.41, 5.74) is 1.13. The number of carboxylic acid groups (broad SMARTS) is 1. The second-order valence-corrected chi connectivity index (χ2v) is 3.36. The van der Waals surface area contributed by atoms with Crippen molar-refractivity contribution in [3.63, 3.8) is 0 Å². The van der Waals surface area contributed by atoms with E-state index < -0.39 is 5.97 Å². The van der Waals surface area contributed by atoms with Gasteiger partial charge in [0.05, 0.1) is 6.61 Å². The van der Waals surface area contributed by atoms with Crippen LogP contribution in [0.2, 0.25) is 0 Å². The molecule has 0 amide bonds. The third kappa shape index (κ3) is 4.31. The van der Waals surface area contributed by atoms with E-state index in [1.54, 1.807) is 0 Å². The fourth-order valence-corrected chi connectivity index (χ4v) is 1.44. The highest BCUT2D eigenvalue weighted by Gasteiger charge is 2.03. The van der Waals surface area contributed by atoms with E-state index in [0.717, 1.165) is 12.2 Å². The van der Waals surface area contributed by atoms with Crippen LogP contribution in [-0.2, 0) is 9.53 Å². The van der Waals surface area contributed by atoms with Crippen LogP contribution < -0.4 is 4.90 Å². The Balaban J connectivity index is 2.35. The first-order chi connectivity index (χ1) is 7.74. The normalized spacial score (nSPS) is 10.1. The first-order valence-electron chi connectivity index (χ1n) is 5.33. The smallest absolute Gasteiger partial charge is 0.329 e. The van der Waals surface area contributed by atoms with Crippen molar-refractivity contribution in [2.75, 3.05) is 31.2 Å². The number of benzene rings is 1. The van der Waals surface area contributed by atoms with E-state index in [4.69, 9.17) is 9.84 Å². The maximum atomic E-state index is 10.2. The molecule has 0 heterocycles. The molecular weight excluding hydrogens is 206 g/mol. The van der Waals surface area contributed by atoms with Crippen LogP contribution in [0, 0.1) is 0 Å². The van der Waals surface area contributed by atoms with Gasteiger partial charge in [0.2, 0.25) is 0 Å². The minimum atomic E-state index is -0.928. The molecule has 0 bridgehead atoms. The molecule has 1 aromatic rings. The van der Waals surface area contributed by atoms with E-state index in [1.807, 2.05) is 30.3 Å². The first kappa shape index (κ1) is 12.5. The molecule has 0 aromatic heterocycles. The fraction of sp³-hybridized carbons (Fsp3) is 0.417. The monoisotopic (exact) mass is 223 g/mol. The van der Waals surface area contributed by atoms with Crippen molar-refractivity contribution >= 4 is 11.7 Å². The van der Waals surface area contributed by atoms with Crippen LogP contribution in [0.15, 0.2) is 30.3 Å². The molecule has 1 aromatic carbocycles. The summed E-state index contributed by atoms with van der Waals surface area (Å²) in [6.45, 7) is 3.83. The number of hydrogen-bond donors (Lipinski definition) is 1. The molecule has 0 aliphatic rings. The molecule has 0 radical (unpaired) electrons. The molecule has 0 saturated carbocycles. The van der Waals surface area contributed by atoms with Gasteiger partial charge in [-0.25, -0.2) is 4.79 Å². The molecule has 0 saturated heterocycles. The molecule has 0 fully saturated rings. The third-order valence-corrected chi connectivity index (χ3v) is 2.23. The summed E-state index contributed by atoms with van der Waals surface area (Å²) in [6.07, 6.45) is 0. The number of aliphatic carboxylic acids is 1. The van der Waals surface area contributed by atoms with Gasteiger partial charge in [0.15, 0.2) is 0 Å². The van der Waals surface area contributed by atoms with Gasteiger partial charge < -0.3 is 14.7 Å². The standard InChI is InChI=1S/C12H17NO3/c1-2-13(8-9-16-10-12(14)15)11-6-4-3-5-7-11/h3-7H,2,8-10H2,1H3,(H,14,15). The van der Waals surface area contributed by atoms with Crippen LogP contribution in [-0.4, -0.2) is 37.4 Å². The lowest BCUT2D eigenvalue weighted by molar-refractivity contribution is -0.142. The quantitative estimate of drug-likeness (QED) is 0.713. The molecule has 16 heavy (non-hydrogen) atoms. The Hall–Kier alpha value is -1.55. The van der Waals surface area contributed by atoms with E-state index in [2.05, 4.69) is 11.8 Å². The number of rotatable bonds is 7. The topological polar surface area (TPSA) is 49.8 Å². The Morgan fingerprint density at radius 3 is 2.62 bits per heavy atom. The second-order valence-electron chi connectivity index (χ2n) is 3.36. The highest BCUT2D eigenvalue weighted by molar-refractivity contribution is 5.67. The molecule has 0 aliphatic carbocycles. The van der Waals surface area contributed by atoms with Crippen LogP contribution in [0.1, 0.15) is 6.92 Å². The van der Waals surface area contributed by atoms with Crippen molar-refractivity contribution in [1.82, 2.24) is 0 Å². The van der Waals surface area contributed by atoms with E-state index in [9.17, 15) is 4.79 Å². The van der Waals surface area contributed by atoms with Crippen LogP contribution in [0.4, 0.5) is 5.69 Å². The van der Waals surface area contributed by atoms with E-state index in [-0.39, 0.29) is 6.61 Å². The van der Waals surface area contributed by atoms with Gasteiger partial charge in [-0.15, -0.1) is 0 Å². The van der Waals surface area contributed by atoms with E-state index in [1.165, 1.54) is 0 Å². The fourth-order valence-electron chi connectivity index (χ4n) is 1.44. The summed E-state index contributed by atoms with van der Waals surface area (Å²) in [6, 6.07) is 9.99. The summed E-state index contributed by atoms with van der Waals surface area (Å²) in [5, 5.41) is 8.41. The maximum absolute atomic E-state index is 10.2. The van der Waals surface area contributed by atoms with Gasteiger partial charge in [-0.2, -0.15) is 0 Å². The molecule has 1 rings (SSSR count). The molecular formula is C12H17NO3. The van der Waals surface area contributed by atoms with Crippen molar-refractivity contribution in [2.45, 2.75) is 6.92 Å². The van der Waals surface area contributed by atoms with E-state index in [0.29, 0.717) is 13.2 Å². The molecule has 0 aliphatic heterocycles. The van der Waals surface area contributed by atoms with Gasteiger partial charge in [-0.05, 0) is 19.1 Å². The minimum absolute atomic E-state index is 0.230. The van der Waals surface area contributed by atoms with Crippen LogP contribution >= 0.6 is 0 Å². The van der Waals surface area contributed by atoms with Gasteiger partial charge in [0.25, 0.3) is 0 Å². The Morgan fingerprint density at radius 1 is 1.38 bits per heavy atom. The van der Waals surface area contributed by atoms with Crippen molar-refractivity contribution in [1.29, 1.82) is 0 Å². The highest BCUT2D eigenvalue weighted by Crippen LogP contribution is 2.11. The molecule has 4 heteroatoms. The minimum Gasteiger partial charge on any atom is -0.480 e. The zero-order valence-corrected chi connectivity index (χ0v) is 9.43. The Bertz CT molecular complexity index is 313. The Labute approximate surface area is 95.5 Å². The van der Waals surface area contributed by atoms with Crippen molar-refractivity contribution in [3.05, 3.63) is 30.3 Å². The second kappa shape index (κ2) is 6.85. The van der Waals surface area contributed by atoms with Gasteiger partial charge in [-0.1, -0.05) is 18.2 Å². The summed E-state index contributed by atoms with van der Waals surface area (Å²) in [5.74, 6) is -0.928. The number of para-hydroxylation sites is 1. The Morgan fingerprint density at radius 2 is 2.06 bits per heavy atom. The lowest BCUT2D eigenvalue weighted by atomic mass is 10.3. The van der Waals surface area contributed by atoms with Crippen molar-refractivity contribution < 1.29 is 14.6 Å². The van der Waals surface area contributed by atoms with Crippen LogP contribution in [0.25, 0.3) is 0 Å². The molecule has 1 N–H and O–H groups in total. The molecule has 0 atom stereocenters. The number of hydrogen-bond acceptors (Lipinski definition) is 3. The van der Waals surface area contributed by atoms with Crippen LogP contribution in [0.5, 0.6) is 0 Å². The summed E-state index contributed by atoms with van der Waals surface area (Å²) >= 11 is 0. The SMILES string of the molecule is CCN(CCOCC(=O)O)c1ccccc1.